The van der Waals surface area contributed by atoms with Crippen molar-refractivity contribution in [1.29, 1.82) is 0 Å². The topological polar surface area (TPSA) is 0 Å². The summed E-state index contributed by atoms with van der Waals surface area (Å²) in [5.74, 6) is 0. The summed E-state index contributed by atoms with van der Waals surface area (Å²) in [6.07, 6.45) is 27.0. The van der Waals surface area contributed by atoms with Gasteiger partial charge in [-0.05, 0) is 32.1 Å². The Morgan fingerprint density at radius 1 is 0.375 bits per heavy atom. The number of rotatable bonds is 18. The van der Waals surface area contributed by atoms with Gasteiger partial charge in [0.05, 0.1) is 24.6 Å². The molecule has 0 atom stereocenters. The van der Waals surface area contributed by atoms with Crippen molar-refractivity contribution in [1.82, 2.24) is 0 Å². The van der Waals surface area contributed by atoms with Crippen molar-refractivity contribution in [2.24, 2.45) is 0 Å². The molecule has 0 saturated carbocycles. The molecule has 0 rings (SSSR count). The van der Waals surface area contributed by atoms with E-state index in [9.17, 15) is 0 Å². The standard InChI is InChI=1S/C22H48P.BrH/c1-5-9-13-14-18-22-23(19-15-10-6-2,20-16-11-7-3)21-17-12-8-4;/h5-22H2,1-4H3;1H/q+1;/p-1. The van der Waals surface area contributed by atoms with Crippen LogP contribution < -0.4 is 17.0 Å². The predicted octanol–water partition coefficient (Wildman–Crippen LogP) is 5.55. The molecule has 0 aliphatic heterocycles. The van der Waals surface area contributed by atoms with E-state index < -0.39 is 7.26 Å². The first-order valence-corrected chi connectivity index (χ1v) is 13.6. The van der Waals surface area contributed by atoms with E-state index in [0.29, 0.717) is 0 Å². The average molecular weight is 424 g/mol. The Hall–Kier alpha value is 0.910. The van der Waals surface area contributed by atoms with Crippen LogP contribution in [0.3, 0.4) is 0 Å². The van der Waals surface area contributed by atoms with E-state index in [1.54, 1.807) is 24.6 Å². The lowest BCUT2D eigenvalue weighted by Crippen LogP contribution is -3.00. The number of unbranched alkanes of at least 4 members (excludes halogenated alkanes) is 10. The van der Waals surface area contributed by atoms with Crippen molar-refractivity contribution >= 4 is 7.26 Å². The highest BCUT2D eigenvalue weighted by atomic mass is 79.9. The van der Waals surface area contributed by atoms with Crippen LogP contribution in [0.5, 0.6) is 0 Å². The fourth-order valence-electron chi connectivity index (χ4n) is 3.81. The molecule has 0 bridgehead atoms. The maximum Gasteiger partial charge on any atom is 0.0594 e. The van der Waals surface area contributed by atoms with Crippen molar-refractivity contribution in [3.05, 3.63) is 0 Å². The molecule has 0 saturated heterocycles. The average Bonchev–Trinajstić information content (AvgIpc) is 2.55. The maximum atomic E-state index is 2.36. The minimum atomic E-state index is -0.634. The Labute approximate surface area is 166 Å². The fraction of sp³-hybridized carbons (Fsp3) is 1.00. The van der Waals surface area contributed by atoms with E-state index in [4.69, 9.17) is 0 Å². The normalized spacial score (nSPS) is 11.5. The first-order valence-electron chi connectivity index (χ1n) is 11.1. The highest BCUT2D eigenvalue weighted by Crippen LogP contribution is 2.61. The third-order valence-electron chi connectivity index (χ3n) is 5.44. The molecule has 0 aromatic rings. The van der Waals surface area contributed by atoms with Gasteiger partial charge in [-0.25, -0.2) is 0 Å². The minimum Gasteiger partial charge on any atom is -1.00 e. The van der Waals surface area contributed by atoms with Gasteiger partial charge >= 0.3 is 0 Å². The van der Waals surface area contributed by atoms with Gasteiger partial charge in [-0.3, -0.25) is 0 Å². The molecule has 0 spiro atoms. The number of halogens is 1. The lowest BCUT2D eigenvalue weighted by atomic mass is 10.2. The van der Waals surface area contributed by atoms with Crippen molar-refractivity contribution in [2.45, 2.75) is 118 Å². The molecule has 0 fully saturated rings. The van der Waals surface area contributed by atoms with Crippen LogP contribution in [0, 0.1) is 0 Å². The molecular weight excluding hydrogens is 375 g/mol. The third-order valence-corrected chi connectivity index (χ3v) is 10.5. The molecule has 0 aromatic heterocycles. The Balaban J connectivity index is 0. The van der Waals surface area contributed by atoms with Crippen molar-refractivity contribution in [3.63, 3.8) is 0 Å². The van der Waals surface area contributed by atoms with Gasteiger partial charge in [-0.2, -0.15) is 0 Å². The van der Waals surface area contributed by atoms with Gasteiger partial charge in [0, 0.05) is 7.26 Å². The van der Waals surface area contributed by atoms with E-state index >= 15 is 0 Å². The zero-order chi connectivity index (χ0) is 17.2. The molecule has 0 unspecified atom stereocenters. The van der Waals surface area contributed by atoms with Crippen molar-refractivity contribution < 1.29 is 17.0 Å². The number of hydrogen-bond donors (Lipinski definition) is 0. The largest absolute Gasteiger partial charge is 1.00 e. The van der Waals surface area contributed by atoms with Gasteiger partial charge in [0.25, 0.3) is 0 Å². The zero-order valence-corrected chi connectivity index (χ0v) is 20.0. The molecule has 0 aromatic carbocycles. The molecule has 0 heterocycles. The third kappa shape index (κ3) is 15.2. The second kappa shape index (κ2) is 20.2. The molecular formula is C22H48BrP. The molecule has 0 radical (unpaired) electrons. The van der Waals surface area contributed by atoms with Gasteiger partial charge in [0.1, 0.15) is 0 Å². The van der Waals surface area contributed by atoms with Gasteiger partial charge in [0.2, 0.25) is 0 Å². The van der Waals surface area contributed by atoms with Gasteiger partial charge in [-0.15, -0.1) is 0 Å². The smallest absolute Gasteiger partial charge is 0.0594 e. The van der Waals surface area contributed by atoms with Crippen LogP contribution in [-0.4, -0.2) is 24.6 Å². The monoisotopic (exact) mass is 422 g/mol. The lowest BCUT2D eigenvalue weighted by Gasteiger charge is -2.28. The van der Waals surface area contributed by atoms with E-state index in [1.807, 2.05) is 0 Å². The molecule has 24 heavy (non-hydrogen) atoms. The Kier molecular flexibility index (Phi) is 22.9. The van der Waals surface area contributed by atoms with Crippen LogP contribution in [0.25, 0.3) is 0 Å². The van der Waals surface area contributed by atoms with Gasteiger partial charge in [-0.1, -0.05) is 85.5 Å². The maximum absolute atomic E-state index is 2.36. The van der Waals surface area contributed by atoms with E-state index in [1.165, 1.54) is 89.9 Å². The van der Waals surface area contributed by atoms with Gasteiger partial charge < -0.3 is 17.0 Å². The van der Waals surface area contributed by atoms with Crippen LogP contribution in [0.15, 0.2) is 0 Å². The van der Waals surface area contributed by atoms with Crippen LogP contribution in [-0.2, 0) is 0 Å². The van der Waals surface area contributed by atoms with Crippen LogP contribution in [0.4, 0.5) is 0 Å². The minimum absolute atomic E-state index is 0. The van der Waals surface area contributed by atoms with Crippen LogP contribution in [0.2, 0.25) is 0 Å². The quantitative estimate of drug-likeness (QED) is 0.200. The summed E-state index contributed by atoms with van der Waals surface area (Å²) >= 11 is 0. The van der Waals surface area contributed by atoms with Crippen molar-refractivity contribution in [3.8, 4) is 0 Å². The highest BCUT2D eigenvalue weighted by Gasteiger charge is 2.34. The summed E-state index contributed by atoms with van der Waals surface area (Å²) in [5.41, 5.74) is 0. The second-order valence-electron chi connectivity index (χ2n) is 7.77. The molecule has 0 amide bonds. The Morgan fingerprint density at radius 3 is 0.958 bits per heavy atom. The van der Waals surface area contributed by atoms with E-state index in [-0.39, 0.29) is 17.0 Å². The zero-order valence-electron chi connectivity index (χ0n) is 17.6. The molecule has 2 heteroatoms. The first kappa shape index (κ1) is 27.1. The summed E-state index contributed by atoms with van der Waals surface area (Å²) in [6, 6.07) is 0. The summed E-state index contributed by atoms with van der Waals surface area (Å²) in [7, 11) is -0.634. The fourth-order valence-corrected chi connectivity index (χ4v) is 8.73. The van der Waals surface area contributed by atoms with Crippen LogP contribution in [0.1, 0.15) is 118 Å². The summed E-state index contributed by atoms with van der Waals surface area (Å²) in [5, 5.41) is 0. The summed E-state index contributed by atoms with van der Waals surface area (Å²) in [4.78, 5) is 0. The van der Waals surface area contributed by atoms with E-state index in [0.717, 1.165) is 0 Å². The van der Waals surface area contributed by atoms with Crippen molar-refractivity contribution in [2.75, 3.05) is 24.6 Å². The first-order chi connectivity index (χ1) is 11.2. The molecule has 0 aliphatic rings. The molecule has 0 nitrogen and oxygen atoms in total. The lowest BCUT2D eigenvalue weighted by molar-refractivity contribution is -0.00000537. The second-order valence-corrected chi connectivity index (χ2v) is 12.2. The molecule has 0 N–H and O–H groups in total. The summed E-state index contributed by atoms with van der Waals surface area (Å²) < 4.78 is 0. The number of hydrogen-bond acceptors (Lipinski definition) is 0. The van der Waals surface area contributed by atoms with Crippen LogP contribution >= 0.6 is 7.26 Å². The highest BCUT2D eigenvalue weighted by molar-refractivity contribution is 7.75. The molecule has 148 valence electrons. The Bertz CT molecular complexity index is 203. The SMILES string of the molecule is CCCCCCC[P+](CCCCC)(CCCCC)CCCCC.[Br-]. The van der Waals surface area contributed by atoms with Gasteiger partial charge in [0.15, 0.2) is 0 Å². The Morgan fingerprint density at radius 2 is 0.625 bits per heavy atom. The molecule has 0 aliphatic carbocycles. The van der Waals surface area contributed by atoms with E-state index in [2.05, 4.69) is 27.7 Å². The predicted molar refractivity (Wildman–Crippen MR) is 114 cm³/mol. The summed E-state index contributed by atoms with van der Waals surface area (Å²) in [6.45, 7) is 9.41.